The van der Waals surface area contributed by atoms with Gasteiger partial charge in [0.25, 0.3) is 0 Å². The molecule has 2 rings (SSSR count). The Morgan fingerprint density at radius 1 is 1.67 bits per heavy atom. The number of nitrogens with zero attached hydrogens (tertiary/aromatic N) is 3. The summed E-state index contributed by atoms with van der Waals surface area (Å²) in [7, 11) is 0. The molecule has 0 aliphatic carbocycles. The minimum absolute atomic E-state index is 0.645. The van der Waals surface area contributed by atoms with Gasteiger partial charge in [-0.1, -0.05) is 6.92 Å². The standard InChI is InChI=1S/C10H18N4S/c1-3-14-7-12-13-10(14)5-11-9-4-8(2)15-6-9/h7-9,11H,3-6H2,1-2H3. The SMILES string of the molecule is CCn1cnnc1CNC1CSC(C)C1. The summed E-state index contributed by atoms with van der Waals surface area (Å²) in [4.78, 5) is 0. The molecule has 5 heteroatoms. The maximum Gasteiger partial charge on any atom is 0.146 e. The van der Waals surface area contributed by atoms with E-state index in [1.165, 1.54) is 12.2 Å². The van der Waals surface area contributed by atoms with Crippen molar-refractivity contribution in [2.75, 3.05) is 5.75 Å². The summed E-state index contributed by atoms with van der Waals surface area (Å²) >= 11 is 2.05. The average molecular weight is 226 g/mol. The summed E-state index contributed by atoms with van der Waals surface area (Å²) in [5, 5.41) is 12.4. The van der Waals surface area contributed by atoms with Gasteiger partial charge in [0, 0.05) is 23.6 Å². The van der Waals surface area contributed by atoms with E-state index in [0.717, 1.165) is 24.2 Å². The highest BCUT2D eigenvalue weighted by Crippen LogP contribution is 2.25. The van der Waals surface area contributed by atoms with Crippen LogP contribution >= 0.6 is 11.8 Å². The first-order chi connectivity index (χ1) is 7.29. The van der Waals surface area contributed by atoms with Gasteiger partial charge in [-0.15, -0.1) is 10.2 Å². The first kappa shape index (κ1) is 11.0. The molecule has 0 aromatic carbocycles. The largest absolute Gasteiger partial charge is 0.317 e. The van der Waals surface area contributed by atoms with Crippen molar-refractivity contribution in [2.24, 2.45) is 0 Å². The highest BCUT2D eigenvalue weighted by Gasteiger charge is 2.21. The topological polar surface area (TPSA) is 42.7 Å². The Kier molecular flexibility index (Phi) is 3.64. The van der Waals surface area contributed by atoms with Crippen molar-refractivity contribution in [1.82, 2.24) is 20.1 Å². The summed E-state index contributed by atoms with van der Waals surface area (Å²) in [6.07, 6.45) is 3.06. The normalized spacial score (nSPS) is 26.0. The summed E-state index contributed by atoms with van der Waals surface area (Å²) in [5.41, 5.74) is 0. The van der Waals surface area contributed by atoms with Crippen LogP contribution in [0.4, 0.5) is 0 Å². The molecule has 1 fully saturated rings. The number of hydrogen-bond acceptors (Lipinski definition) is 4. The Hall–Kier alpha value is -0.550. The van der Waals surface area contributed by atoms with Crippen molar-refractivity contribution < 1.29 is 0 Å². The van der Waals surface area contributed by atoms with Gasteiger partial charge in [0.2, 0.25) is 0 Å². The van der Waals surface area contributed by atoms with E-state index in [9.17, 15) is 0 Å². The highest BCUT2D eigenvalue weighted by atomic mass is 32.2. The number of thioether (sulfide) groups is 1. The lowest BCUT2D eigenvalue weighted by Gasteiger charge is -2.11. The van der Waals surface area contributed by atoms with Gasteiger partial charge in [0.1, 0.15) is 12.2 Å². The minimum atomic E-state index is 0.645. The Morgan fingerprint density at radius 2 is 2.53 bits per heavy atom. The molecular weight excluding hydrogens is 208 g/mol. The van der Waals surface area contributed by atoms with Gasteiger partial charge in [-0.2, -0.15) is 11.8 Å². The first-order valence-electron chi connectivity index (χ1n) is 5.51. The van der Waals surface area contributed by atoms with Crippen molar-refractivity contribution in [3.05, 3.63) is 12.2 Å². The fourth-order valence-electron chi connectivity index (χ4n) is 1.88. The van der Waals surface area contributed by atoms with Gasteiger partial charge in [-0.25, -0.2) is 0 Å². The smallest absolute Gasteiger partial charge is 0.146 e. The number of aryl methyl sites for hydroxylation is 1. The van der Waals surface area contributed by atoms with Gasteiger partial charge in [-0.3, -0.25) is 0 Å². The zero-order chi connectivity index (χ0) is 10.7. The molecular formula is C10H18N4S. The number of aromatic nitrogens is 3. The molecule has 2 atom stereocenters. The zero-order valence-electron chi connectivity index (χ0n) is 9.31. The lowest BCUT2D eigenvalue weighted by atomic mass is 10.2. The molecule has 1 aliphatic heterocycles. The second-order valence-electron chi connectivity index (χ2n) is 3.99. The van der Waals surface area contributed by atoms with Crippen LogP contribution in [0.25, 0.3) is 0 Å². The van der Waals surface area contributed by atoms with Gasteiger partial charge >= 0.3 is 0 Å². The van der Waals surface area contributed by atoms with Crippen LogP contribution in [0.15, 0.2) is 6.33 Å². The average Bonchev–Trinajstić information content (AvgIpc) is 2.83. The van der Waals surface area contributed by atoms with E-state index >= 15 is 0 Å². The van der Waals surface area contributed by atoms with Crippen LogP contribution in [0, 0.1) is 0 Å². The molecule has 0 radical (unpaired) electrons. The van der Waals surface area contributed by atoms with Crippen molar-refractivity contribution in [3.63, 3.8) is 0 Å². The third kappa shape index (κ3) is 2.72. The first-order valence-corrected chi connectivity index (χ1v) is 6.56. The van der Waals surface area contributed by atoms with Crippen LogP contribution in [0.1, 0.15) is 26.1 Å². The molecule has 1 saturated heterocycles. The van der Waals surface area contributed by atoms with Gasteiger partial charge in [0.15, 0.2) is 0 Å². The van der Waals surface area contributed by atoms with E-state index in [2.05, 4.69) is 33.9 Å². The van der Waals surface area contributed by atoms with Gasteiger partial charge in [-0.05, 0) is 13.3 Å². The molecule has 1 aromatic rings. The lowest BCUT2D eigenvalue weighted by Crippen LogP contribution is -2.29. The van der Waals surface area contributed by atoms with Gasteiger partial charge < -0.3 is 9.88 Å². The monoisotopic (exact) mass is 226 g/mol. The lowest BCUT2D eigenvalue weighted by molar-refractivity contribution is 0.514. The molecule has 1 aromatic heterocycles. The minimum Gasteiger partial charge on any atom is -0.317 e. The molecule has 1 N–H and O–H groups in total. The Balaban J connectivity index is 1.83. The predicted molar refractivity (Wildman–Crippen MR) is 62.9 cm³/mol. The molecule has 0 amide bonds. The van der Waals surface area contributed by atoms with E-state index in [-0.39, 0.29) is 0 Å². The number of nitrogens with one attached hydrogen (secondary N) is 1. The Labute approximate surface area is 94.8 Å². The van der Waals surface area contributed by atoms with Crippen molar-refractivity contribution >= 4 is 11.8 Å². The Morgan fingerprint density at radius 3 is 3.20 bits per heavy atom. The third-order valence-electron chi connectivity index (χ3n) is 2.78. The van der Waals surface area contributed by atoms with Crippen LogP contribution < -0.4 is 5.32 Å². The van der Waals surface area contributed by atoms with Crippen molar-refractivity contribution in [1.29, 1.82) is 0 Å². The van der Waals surface area contributed by atoms with E-state index < -0.39 is 0 Å². The summed E-state index contributed by atoms with van der Waals surface area (Å²) < 4.78 is 2.08. The quantitative estimate of drug-likeness (QED) is 0.840. The van der Waals surface area contributed by atoms with Crippen LogP contribution in [0.3, 0.4) is 0 Å². The molecule has 15 heavy (non-hydrogen) atoms. The maximum atomic E-state index is 4.11. The van der Waals surface area contributed by atoms with Crippen molar-refractivity contribution in [2.45, 2.75) is 44.6 Å². The zero-order valence-corrected chi connectivity index (χ0v) is 10.1. The third-order valence-corrected chi connectivity index (χ3v) is 4.14. The van der Waals surface area contributed by atoms with E-state index in [4.69, 9.17) is 0 Å². The van der Waals surface area contributed by atoms with Crippen LogP contribution in [-0.4, -0.2) is 31.8 Å². The molecule has 1 aliphatic rings. The molecule has 0 bridgehead atoms. The number of rotatable bonds is 4. The Bertz CT molecular complexity index is 312. The van der Waals surface area contributed by atoms with Crippen LogP contribution in [0.2, 0.25) is 0 Å². The van der Waals surface area contributed by atoms with Crippen LogP contribution in [0.5, 0.6) is 0 Å². The summed E-state index contributed by atoms with van der Waals surface area (Å²) in [5.74, 6) is 2.27. The summed E-state index contributed by atoms with van der Waals surface area (Å²) in [6, 6.07) is 0.645. The molecule has 0 spiro atoms. The van der Waals surface area contributed by atoms with E-state index in [0.29, 0.717) is 6.04 Å². The fraction of sp³-hybridized carbons (Fsp3) is 0.800. The second kappa shape index (κ2) is 4.99. The molecule has 84 valence electrons. The highest BCUT2D eigenvalue weighted by molar-refractivity contribution is 8.00. The van der Waals surface area contributed by atoms with Crippen molar-refractivity contribution in [3.8, 4) is 0 Å². The van der Waals surface area contributed by atoms with Gasteiger partial charge in [0.05, 0.1) is 6.54 Å². The molecule has 2 unspecified atom stereocenters. The number of hydrogen-bond donors (Lipinski definition) is 1. The molecule has 4 nitrogen and oxygen atoms in total. The maximum absolute atomic E-state index is 4.11. The summed E-state index contributed by atoms with van der Waals surface area (Å²) in [6.45, 7) is 6.19. The predicted octanol–water partition coefficient (Wildman–Crippen LogP) is 1.28. The van der Waals surface area contributed by atoms with E-state index in [1.54, 1.807) is 6.33 Å². The van der Waals surface area contributed by atoms with E-state index in [1.807, 2.05) is 11.8 Å². The second-order valence-corrected chi connectivity index (χ2v) is 5.46. The molecule has 0 saturated carbocycles. The molecule has 2 heterocycles. The van der Waals surface area contributed by atoms with Crippen LogP contribution in [-0.2, 0) is 13.1 Å². The fourth-order valence-corrected chi connectivity index (χ4v) is 3.06.